The number of aromatic hydroxyl groups is 1. The van der Waals surface area contributed by atoms with Crippen LogP contribution in [0, 0.1) is 11.6 Å². The Balaban J connectivity index is 2.30. The first kappa shape index (κ1) is 13.3. The molecule has 1 N–H and O–H groups in total. The molecule has 2 nitrogen and oxygen atoms in total. The molecule has 0 aliphatic heterocycles. The molecule has 2 aromatic carbocycles. The first-order valence-electron chi connectivity index (χ1n) is 6.03. The van der Waals surface area contributed by atoms with Crippen molar-refractivity contribution < 1.29 is 18.6 Å². The lowest BCUT2D eigenvalue weighted by molar-refractivity contribution is 0.317. The molecule has 0 aliphatic carbocycles. The fourth-order valence-electron chi connectivity index (χ4n) is 1.71. The number of phenols is 1. The first-order valence-corrected chi connectivity index (χ1v) is 6.03. The van der Waals surface area contributed by atoms with Gasteiger partial charge in [0.1, 0.15) is 5.75 Å². The normalized spacial score (nSPS) is 10.5. The van der Waals surface area contributed by atoms with Gasteiger partial charge in [0.25, 0.3) is 0 Å². The van der Waals surface area contributed by atoms with Crippen LogP contribution >= 0.6 is 0 Å². The van der Waals surface area contributed by atoms with Crippen LogP contribution in [-0.4, -0.2) is 11.7 Å². The lowest BCUT2D eigenvalue weighted by Crippen LogP contribution is -1.95. The van der Waals surface area contributed by atoms with Crippen LogP contribution in [0.4, 0.5) is 8.78 Å². The third kappa shape index (κ3) is 2.84. The maximum absolute atomic E-state index is 13.7. The van der Waals surface area contributed by atoms with Gasteiger partial charge in [0.15, 0.2) is 11.6 Å². The fraction of sp³-hybridized carbons (Fsp3) is 0.200. The lowest BCUT2D eigenvalue weighted by atomic mass is 10.0. The Morgan fingerprint density at radius 2 is 1.68 bits per heavy atom. The Labute approximate surface area is 110 Å². The molecule has 0 amide bonds. The molecule has 0 heterocycles. The summed E-state index contributed by atoms with van der Waals surface area (Å²) in [5.74, 6) is -2.29. The summed E-state index contributed by atoms with van der Waals surface area (Å²) in [4.78, 5) is 0. The molecular formula is C15H14F2O2. The Morgan fingerprint density at radius 3 is 2.32 bits per heavy atom. The summed E-state index contributed by atoms with van der Waals surface area (Å²) in [6.07, 6.45) is 0.902. The summed E-state index contributed by atoms with van der Waals surface area (Å²) in [5.41, 5.74) is 0.637. The molecular weight excluding hydrogens is 250 g/mol. The number of hydrogen-bond donors (Lipinski definition) is 1. The van der Waals surface area contributed by atoms with Gasteiger partial charge < -0.3 is 9.84 Å². The number of halogens is 2. The molecule has 2 aromatic rings. The highest BCUT2D eigenvalue weighted by Crippen LogP contribution is 2.30. The molecule has 0 saturated carbocycles. The fourth-order valence-corrected chi connectivity index (χ4v) is 1.71. The molecule has 0 bridgehead atoms. The van der Waals surface area contributed by atoms with Gasteiger partial charge in [-0.15, -0.1) is 0 Å². The molecule has 0 saturated heterocycles. The first-order chi connectivity index (χ1) is 9.13. The van der Waals surface area contributed by atoms with Crippen molar-refractivity contribution in [2.75, 3.05) is 6.61 Å². The molecule has 0 atom stereocenters. The van der Waals surface area contributed by atoms with Gasteiger partial charge in [-0.2, -0.15) is 4.39 Å². The lowest BCUT2D eigenvalue weighted by Gasteiger charge is -2.08. The smallest absolute Gasteiger partial charge is 0.200 e. The average Bonchev–Trinajstić information content (AvgIpc) is 2.44. The van der Waals surface area contributed by atoms with Gasteiger partial charge in [-0.1, -0.05) is 19.1 Å². The summed E-state index contributed by atoms with van der Waals surface area (Å²) in [6.45, 7) is 2.62. The minimum Gasteiger partial charge on any atom is -0.505 e. The second-order valence-electron chi connectivity index (χ2n) is 4.13. The van der Waals surface area contributed by atoms with Crippen LogP contribution in [0.3, 0.4) is 0 Å². The third-order valence-corrected chi connectivity index (χ3v) is 2.70. The van der Waals surface area contributed by atoms with Gasteiger partial charge in [0.2, 0.25) is 5.82 Å². The van der Waals surface area contributed by atoms with Gasteiger partial charge in [-0.3, -0.25) is 0 Å². The molecule has 100 valence electrons. The van der Waals surface area contributed by atoms with E-state index in [0.29, 0.717) is 17.9 Å². The summed E-state index contributed by atoms with van der Waals surface area (Å²) in [5, 5.41) is 9.08. The van der Waals surface area contributed by atoms with Crippen molar-refractivity contribution in [2.45, 2.75) is 13.3 Å². The van der Waals surface area contributed by atoms with E-state index in [2.05, 4.69) is 0 Å². The van der Waals surface area contributed by atoms with E-state index in [1.807, 2.05) is 6.92 Å². The molecule has 0 spiro atoms. The Bertz CT molecular complexity index is 565. The van der Waals surface area contributed by atoms with Crippen LogP contribution in [0.2, 0.25) is 0 Å². The van der Waals surface area contributed by atoms with Crippen molar-refractivity contribution in [3.8, 4) is 22.6 Å². The largest absolute Gasteiger partial charge is 0.505 e. The van der Waals surface area contributed by atoms with Crippen LogP contribution in [0.5, 0.6) is 11.5 Å². The van der Waals surface area contributed by atoms with Crippen molar-refractivity contribution >= 4 is 0 Å². The highest BCUT2D eigenvalue weighted by molar-refractivity contribution is 5.65. The molecule has 19 heavy (non-hydrogen) atoms. The van der Waals surface area contributed by atoms with Gasteiger partial charge in [0.05, 0.1) is 6.61 Å². The van der Waals surface area contributed by atoms with E-state index in [0.717, 1.165) is 12.5 Å². The minimum atomic E-state index is -1.23. The van der Waals surface area contributed by atoms with Crippen molar-refractivity contribution in [2.24, 2.45) is 0 Å². The second kappa shape index (κ2) is 5.69. The van der Waals surface area contributed by atoms with Crippen LogP contribution < -0.4 is 4.74 Å². The number of hydrogen-bond acceptors (Lipinski definition) is 2. The summed E-state index contributed by atoms with van der Waals surface area (Å²) in [6, 6.07) is 9.19. The zero-order valence-electron chi connectivity index (χ0n) is 10.5. The van der Waals surface area contributed by atoms with Gasteiger partial charge in [-0.05, 0) is 36.2 Å². The van der Waals surface area contributed by atoms with Crippen LogP contribution in [-0.2, 0) is 0 Å². The predicted octanol–water partition coefficient (Wildman–Crippen LogP) is 4.13. The van der Waals surface area contributed by atoms with E-state index >= 15 is 0 Å². The van der Waals surface area contributed by atoms with Crippen molar-refractivity contribution in [3.63, 3.8) is 0 Å². The number of benzene rings is 2. The topological polar surface area (TPSA) is 29.5 Å². The SMILES string of the molecule is CCCOc1ccc(-c2ccc(O)c(F)c2F)cc1. The molecule has 0 unspecified atom stereocenters. The van der Waals surface area contributed by atoms with E-state index in [1.54, 1.807) is 24.3 Å². The quantitative estimate of drug-likeness (QED) is 0.899. The molecule has 2 rings (SSSR count). The van der Waals surface area contributed by atoms with Crippen LogP contribution in [0.15, 0.2) is 36.4 Å². The minimum absolute atomic E-state index is 0.109. The summed E-state index contributed by atoms with van der Waals surface area (Å²) < 4.78 is 32.4. The molecule has 0 radical (unpaired) electrons. The van der Waals surface area contributed by atoms with Gasteiger partial charge in [-0.25, -0.2) is 4.39 Å². The van der Waals surface area contributed by atoms with Crippen molar-refractivity contribution in [3.05, 3.63) is 48.0 Å². The van der Waals surface area contributed by atoms with E-state index in [9.17, 15) is 8.78 Å². The average molecular weight is 264 g/mol. The Morgan fingerprint density at radius 1 is 1.00 bits per heavy atom. The molecule has 4 heteroatoms. The number of rotatable bonds is 4. The van der Waals surface area contributed by atoms with Crippen LogP contribution in [0.1, 0.15) is 13.3 Å². The third-order valence-electron chi connectivity index (χ3n) is 2.70. The summed E-state index contributed by atoms with van der Waals surface area (Å²) in [7, 11) is 0. The standard InChI is InChI=1S/C15H14F2O2/c1-2-9-19-11-5-3-10(4-6-11)12-7-8-13(18)15(17)14(12)16/h3-8,18H,2,9H2,1H3. The zero-order chi connectivity index (χ0) is 13.8. The second-order valence-corrected chi connectivity index (χ2v) is 4.13. The van der Waals surface area contributed by atoms with Crippen molar-refractivity contribution in [1.29, 1.82) is 0 Å². The number of ether oxygens (including phenoxy) is 1. The monoisotopic (exact) mass is 264 g/mol. The van der Waals surface area contributed by atoms with Gasteiger partial charge in [0, 0.05) is 5.56 Å². The number of phenolic OH excluding ortho intramolecular Hbond substituents is 1. The molecule has 0 aromatic heterocycles. The van der Waals surface area contributed by atoms with Gasteiger partial charge >= 0.3 is 0 Å². The maximum Gasteiger partial charge on any atom is 0.200 e. The van der Waals surface area contributed by atoms with E-state index in [4.69, 9.17) is 9.84 Å². The van der Waals surface area contributed by atoms with E-state index in [-0.39, 0.29) is 5.56 Å². The molecule has 0 aliphatic rings. The predicted molar refractivity (Wildman–Crippen MR) is 69.2 cm³/mol. The maximum atomic E-state index is 13.7. The Kier molecular flexibility index (Phi) is 4.00. The van der Waals surface area contributed by atoms with Crippen molar-refractivity contribution in [1.82, 2.24) is 0 Å². The summed E-state index contributed by atoms with van der Waals surface area (Å²) >= 11 is 0. The highest BCUT2D eigenvalue weighted by Gasteiger charge is 2.13. The zero-order valence-corrected chi connectivity index (χ0v) is 10.5. The van der Waals surface area contributed by atoms with E-state index in [1.165, 1.54) is 6.07 Å². The van der Waals surface area contributed by atoms with Crippen LogP contribution in [0.25, 0.3) is 11.1 Å². The highest BCUT2D eigenvalue weighted by atomic mass is 19.2. The molecule has 0 fully saturated rings. The Hall–Kier alpha value is -2.10. The van der Waals surface area contributed by atoms with E-state index < -0.39 is 17.4 Å².